The van der Waals surface area contributed by atoms with Gasteiger partial charge in [-0.1, -0.05) is 28.1 Å². The second-order valence-electron chi connectivity index (χ2n) is 5.46. The molecule has 1 N–H and O–H groups in total. The van der Waals surface area contributed by atoms with Crippen LogP contribution in [0.4, 0.5) is 13.2 Å². The third-order valence-electron chi connectivity index (χ3n) is 3.59. The second kappa shape index (κ2) is 8.35. The van der Waals surface area contributed by atoms with Gasteiger partial charge in [0.05, 0.1) is 12.7 Å². The summed E-state index contributed by atoms with van der Waals surface area (Å²) in [7, 11) is 1.19. The topological polar surface area (TPSA) is 55.4 Å². The molecule has 0 unspecified atom stereocenters. The lowest BCUT2D eigenvalue weighted by molar-refractivity contribution is -0.142. The molecule has 0 aromatic heterocycles. The molecule has 0 spiro atoms. The fourth-order valence-electron chi connectivity index (χ4n) is 2.29. The number of alkyl halides is 3. The molecule has 0 aliphatic carbocycles. The van der Waals surface area contributed by atoms with Crippen LogP contribution in [-0.2, 0) is 22.1 Å². The zero-order valence-electron chi connectivity index (χ0n) is 13.6. The Bertz CT molecular complexity index is 791. The Kier molecular flexibility index (Phi) is 6.42. The summed E-state index contributed by atoms with van der Waals surface area (Å²) in [6.07, 6.45) is -4.30. The van der Waals surface area contributed by atoms with E-state index >= 15 is 0 Å². The molecule has 1 amide bonds. The Morgan fingerprint density at radius 2 is 1.81 bits per heavy atom. The maximum absolute atomic E-state index is 12.6. The van der Waals surface area contributed by atoms with Crippen LogP contribution in [0.2, 0.25) is 0 Å². The average molecular weight is 430 g/mol. The summed E-state index contributed by atoms with van der Waals surface area (Å²) in [6.45, 7) is 0. The van der Waals surface area contributed by atoms with Crippen LogP contribution in [0, 0.1) is 0 Å². The largest absolute Gasteiger partial charge is 0.467 e. The maximum atomic E-state index is 12.6. The zero-order chi connectivity index (χ0) is 19.3. The van der Waals surface area contributed by atoms with Gasteiger partial charge in [0, 0.05) is 16.5 Å². The number of methoxy groups -OCH3 is 1. The van der Waals surface area contributed by atoms with Gasteiger partial charge in [-0.15, -0.1) is 0 Å². The van der Waals surface area contributed by atoms with E-state index in [1.807, 2.05) is 6.07 Å². The number of ether oxygens (including phenoxy) is 1. The van der Waals surface area contributed by atoms with Crippen LogP contribution in [0.1, 0.15) is 21.5 Å². The Balaban J connectivity index is 2.14. The van der Waals surface area contributed by atoms with Gasteiger partial charge in [0.25, 0.3) is 5.91 Å². The molecule has 0 radical (unpaired) electrons. The minimum Gasteiger partial charge on any atom is -0.467 e. The van der Waals surface area contributed by atoms with Gasteiger partial charge in [-0.2, -0.15) is 13.2 Å². The van der Waals surface area contributed by atoms with Gasteiger partial charge < -0.3 is 10.1 Å². The van der Waals surface area contributed by atoms with Crippen molar-refractivity contribution in [2.45, 2.75) is 18.6 Å². The quantitative estimate of drug-likeness (QED) is 0.731. The van der Waals surface area contributed by atoms with Gasteiger partial charge in [-0.3, -0.25) is 4.79 Å². The Hall–Kier alpha value is -2.35. The van der Waals surface area contributed by atoms with Crippen molar-refractivity contribution in [2.24, 2.45) is 0 Å². The number of amides is 1. The molecule has 2 aromatic carbocycles. The molecule has 0 saturated heterocycles. The molecular weight excluding hydrogens is 415 g/mol. The number of carbonyl (C=O) groups is 2. The molecular formula is C18H15BrF3NO3. The second-order valence-corrected chi connectivity index (χ2v) is 6.37. The van der Waals surface area contributed by atoms with Gasteiger partial charge in [0.15, 0.2) is 0 Å². The third-order valence-corrected chi connectivity index (χ3v) is 4.09. The summed E-state index contributed by atoms with van der Waals surface area (Å²) in [6, 6.07) is 9.96. The predicted molar refractivity (Wildman–Crippen MR) is 92.6 cm³/mol. The van der Waals surface area contributed by atoms with E-state index in [9.17, 15) is 22.8 Å². The zero-order valence-corrected chi connectivity index (χ0v) is 15.2. The molecule has 4 nitrogen and oxygen atoms in total. The van der Waals surface area contributed by atoms with Crippen LogP contribution in [0.25, 0.3) is 0 Å². The van der Waals surface area contributed by atoms with Gasteiger partial charge >= 0.3 is 12.1 Å². The third kappa shape index (κ3) is 5.32. The monoisotopic (exact) mass is 429 g/mol. The highest BCUT2D eigenvalue weighted by Crippen LogP contribution is 2.29. The highest BCUT2D eigenvalue weighted by Gasteiger charge is 2.30. The number of hydrogen-bond acceptors (Lipinski definition) is 3. The average Bonchev–Trinajstić information content (AvgIpc) is 2.59. The van der Waals surface area contributed by atoms with E-state index in [0.717, 1.165) is 34.3 Å². The molecule has 1 atom stereocenters. The molecule has 0 aliphatic heterocycles. The highest BCUT2D eigenvalue weighted by molar-refractivity contribution is 9.10. The minimum atomic E-state index is -4.48. The summed E-state index contributed by atoms with van der Waals surface area (Å²) < 4.78 is 43.3. The van der Waals surface area contributed by atoms with E-state index in [1.165, 1.54) is 7.11 Å². The number of halogens is 4. The van der Waals surface area contributed by atoms with E-state index in [4.69, 9.17) is 4.74 Å². The van der Waals surface area contributed by atoms with Crippen molar-refractivity contribution >= 4 is 27.8 Å². The molecule has 0 saturated carbocycles. The lowest BCUT2D eigenvalue weighted by Crippen LogP contribution is -2.43. The number of rotatable bonds is 5. The molecule has 26 heavy (non-hydrogen) atoms. The summed E-state index contributed by atoms with van der Waals surface area (Å²) in [5, 5.41) is 2.50. The first-order valence-electron chi connectivity index (χ1n) is 7.51. The van der Waals surface area contributed by atoms with Crippen LogP contribution >= 0.6 is 15.9 Å². The van der Waals surface area contributed by atoms with Crippen LogP contribution in [-0.4, -0.2) is 25.0 Å². The van der Waals surface area contributed by atoms with Crippen LogP contribution in [0.15, 0.2) is 53.0 Å². The molecule has 2 aromatic rings. The SMILES string of the molecule is COC(=O)[C@@H](Cc1cccc(Br)c1)NC(=O)c1ccc(C(F)(F)F)cc1. The number of esters is 1. The van der Waals surface area contributed by atoms with Gasteiger partial charge in [0.2, 0.25) is 0 Å². The van der Waals surface area contributed by atoms with Gasteiger partial charge in [-0.05, 0) is 42.0 Å². The first kappa shape index (κ1) is 20.0. The number of benzene rings is 2. The lowest BCUT2D eigenvalue weighted by Gasteiger charge is -2.17. The Labute approximate surface area is 156 Å². The highest BCUT2D eigenvalue weighted by atomic mass is 79.9. The number of hydrogen-bond donors (Lipinski definition) is 1. The molecule has 8 heteroatoms. The van der Waals surface area contributed by atoms with Crippen molar-refractivity contribution in [3.8, 4) is 0 Å². The van der Waals surface area contributed by atoms with Crippen LogP contribution < -0.4 is 5.32 Å². The standard InChI is InChI=1S/C18H15BrF3NO3/c1-26-17(25)15(10-11-3-2-4-14(19)9-11)23-16(24)12-5-7-13(8-6-12)18(20,21)22/h2-9,15H,10H2,1H3,(H,23,24)/t15-/m1/s1. The number of nitrogens with one attached hydrogen (secondary N) is 1. The van der Waals surface area contributed by atoms with Crippen LogP contribution in [0.3, 0.4) is 0 Å². The van der Waals surface area contributed by atoms with E-state index in [-0.39, 0.29) is 12.0 Å². The molecule has 0 bridgehead atoms. The van der Waals surface area contributed by atoms with Crippen molar-refractivity contribution in [2.75, 3.05) is 7.11 Å². The summed E-state index contributed by atoms with van der Waals surface area (Å²) in [4.78, 5) is 24.2. The lowest BCUT2D eigenvalue weighted by atomic mass is 10.0. The fraction of sp³-hybridized carbons (Fsp3) is 0.222. The summed E-state index contributed by atoms with van der Waals surface area (Å²) >= 11 is 3.32. The first-order chi connectivity index (χ1) is 12.2. The fourth-order valence-corrected chi connectivity index (χ4v) is 2.73. The molecule has 0 heterocycles. The maximum Gasteiger partial charge on any atom is 0.416 e. The van der Waals surface area contributed by atoms with Crippen molar-refractivity contribution in [3.05, 3.63) is 69.7 Å². The van der Waals surface area contributed by atoms with Crippen molar-refractivity contribution in [1.82, 2.24) is 5.32 Å². The number of carbonyl (C=O) groups excluding carboxylic acids is 2. The van der Waals surface area contributed by atoms with Crippen LogP contribution in [0.5, 0.6) is 0 Å². The van der Waals surface area contributed by atoms with E-state index < -0.39 is 29.7 Å². The summed E-state index contributed by atoms with van der Waals surface area (Å²) in [5.74, 6) is -1.31. The smallest absolute Gasteiger partial charge is 0.416 e. The van der Waals surface area contributed by atoms with E-state index in [1.54, 1.807) is 18.2 Å². The van der Waals surface area contributed by atoms with Crippen molar-refractivity contribution in [1.29, 1.82) is 0 Å². The van der Waals surface area contributed by atoms with E-state index in [0.29, 0.717) is 0 Å². The molecule has 138 valence electrons. The molecule has 2 rings (SSSR count). The Morgan fingerprint density at radius 3 is 2.35 bits per heavy atom. The predicted octanol–water partition coefficient (Wildman–Crippen LogP) is 3.98. The first-order valence-corrected chi connectivity index (χ1v) is 8.30. The molecule has 0 aliphatic rings. The normalized spacial score (nSPS) is 12.3. The summed E-state index contributed by atoms with van der Waals surface area (Å²) in [5.41, 5.74) is -0.0589. The molecule has 0 fully saturated rings. The van der Waals surface area contributed by atoms with Crippen molar-refractivity contribution < 1.29 is 27.5 Å². The van der Waals surface area contributed by atoms with Crippen molar-refractivity contribution in [3.63, 3.8) is 0 Å². The Morgan fingerprint density at radius 1 is 1.15 bits per heavy atom. The minimum absolute atomic E-state index is 0.0149. The van der Waals surface area contributed by atoms with Gasteiger partial charge in [0.1, 0.15) is 6.04 Å². The van der Waals surface area contributed by atoms with E-state index in [2.05, 4.69) is 21.2 Å². The van der Waals surface area contributed by atoms with Gasteiger partial charge in [-0.25, -0.2) is 4.79 Å².